The van der Waals surface area contributed by atoms with Crippen LogP contribution in [0.25, 0.3) is 10.9 Å². The molecule has 2 heterocycles. The second kappa shape index (κ2) is 11.8. The highest BCUT2D eigenvalue weighted by atomic mass is 32.1. The van der Waals surface area contributed by atoms with Crippen LogP contribution in [0.15, 0.2) is 72.2 Å². The van der Waals surface area contributed by atoms with E-state index in [1.54, 1.807) is 28.0 Å². The van der Waals surface area contributed by atoms with E-state index >= 15 is 0 Å². The quantitative estimate of drug-likeness (QED) is 0.285. The highest BCUT2D eigenvalue weighted by Gasteiger charge is 2.23. The molecule has 0 atom stereocenters. The molecule has 182 valence electrons. The summed E-state index contributed by atoms with van der Waals surface area (Å²) in [5, 5.41) is 3.01. The third-order valence-electron chi connectivity index (χ3n) is 6.09. The minimum absolute atomic E-state index is 0.0197. The van der Waals surface area contributed by atoms with Gasteiger partial charge in [0, 0.05) is 36.7 Å². The molecule has 7 heteroatoms. The van der Waals surface area contributed by atoms with Crippen molar-refractivity contribution >= 4 is 34.1 Å². The number of para-hydroxylation sites is 1. The molecular weight excluding hydrogens is 461 g/mol. The number of aromatic amines is 1. The Hall–Kier alpha value is -3.45. The SMILES string of the molecule is CCCCN(CC(=O)N(CCc1c[nH]c2ccccc12)Cc1ccc(F)cc1)C(=O)c1cccs1. The standard InChI is InChI=1S/C28H30FN3O2S/c1-2-3-15-32(28(34)26-9-6-17-35-26)20-27(33)31(19-21-10-12-23(29)13-11-21)16-14-22-18-30-25-8-5-4-7-24(22)25/h4-13,17-18,30H,2-3,14-16,19-20H2,1H3. The summed E-state index contributed by atoms with van der Waals surface area (Å²) in [6.45, 7) is 3.47. The Bertz CT molecular complexity index is 1250. The van der Waals surface area contributed by atoms with Crippen molar-refractivity contribution in [2.45, 2.75) is 32.7 Å². The fourth-order valence-corrected chi connectivity index (χ4v) is 4.81. The van der Waals surface area contributed by atoms with Crippen molar-refractivity contribution < 1.29 is 14.0 Å². The molecule has 0 aliphatic rings. The van der Waals surface area contributed by atoms with Crippen LogP contribution in [0.2, 0.25) is 0 Å². The number of rotatable bonds is 11. The van der Waals surface area contributed by atoms with E-state index in [-0.39, 0.29) is 24.2 Å². The Kier molecular flexibility index (Phi) is 8.32. The number of amides is 2. The predicted octanol–water partition coefficient (Wildman–Crippen LogP) is 5.88. The normalized spacial score (nSPS) is 11.0. The number of hydrogen-bond donors (Lipinski definition) is 1. The molecule has 2 aromatic carbocycles. The number of benzene rings is 2. The molecule has 0 saturated carbocycles. The molecule has 4 rings (SSSR count). The molecule has 2 amide bonds. The Morgan fingerprint density at radius 2 is 1.77 bits per heavy atom. The Labute approximate surface area is 209 Å². The van der Waals surface area contributed by atoms with Gasteiger partial charge in [-0.2, -0.15) is 0 Å². The maximum absolute atomic E-state index is 13.5. The monoisotopic (exact) mass is 491 g/mol. The van der Waals surface area contributed by atoms with Crippen molar-refractivity contribution in [1.82, 2.24) is 14.8 Å². The first-order valence-corrected chi connectivity index (χ1v) is 12.8. The molecule has 0 unspecified atom stereocenters. The van der Waals surface area contributed by atoms with Crippen LogP contribution in [-0.2, 0) is 17.8 Å². The largest absolute Gasteiger partial charge is 0.361 e. The molecule has 0 fully saturated rings. The third kappa shape index (κ3) is 6.36. The van der Waals surface area contributed by atoms with Crippen LogP contribution in [0.5, 0.6) is 0 Å². The second-order valence-corrected chi connectivity index (χ2v) is 9.56. The number of unbranched alkanes of at least 4 members (excludes halogenated alkanes) is 1. The van der Waals surface area contributed by atoms with Crippen molar-refractivity contribution in [2.75, 3.05) is 19.6 Å². The molecule has 0 aliphatic heterocycles. The zero-order valence-corrected chi connectivity index (χ0v) is 20.7. The van der Waals surface area contributed by atoms with E-state index in [9.17, 15) is 14.0 Å². The first-order valence-electron chi connectivity index (χ1n) is 11.9. The van der Waals surface area contributed by atoms with Gasteiger partial charge in [-0.15, -0.1) is 11.3 Å². The van der Waals surface area contributed by atoms with Gasteiger partial charge in [0.2, 0.25) is 5.91 Å². The molecule has 5 nitrogen and oxygen atoms in total. The van der Waals surface area contributed by atoms with E-state index in [2.05, 4.69) is 18.0 Å². The fourth-order valence-electron chi connectivity index (χ4n) is 4.12. The summed E-state index contributed by atoms with van der Waals surface area (Å²) in [5.74, 6) is -0.534. The van der Waals surface area contributed by atoms with Gasteiger partial charge in [0.1, 0.15) is 12.4 Å². The van der Waals surface area contributed by atoms with Crippen molar-refractivity contribution in [3.63, 3.8) is 0 Å². The van der Waals surface area contributed by atoms with Crippen LogP contribution in [0, 0.1) is 5.82 Å². The van der Waals surface area contributed by atoms with Gasteiger partial charge in [0.05, 0.1) is 4.88 Å². The molecule has 2 aromatic heterocycles. The van der Waals surface area contributed by atoms with Crippen LogP contribution in [-0.4, -0.2) is 46.2 Å². The lowest BCUT2D eigenvalue weighted by Crippen LogP contribution is -2.43. The van der Waals surface area contributed by atoms with Crippen molar-refractivity contribution in [1.29, 1.82) is 0 Å². The molecule has 1 N–H and O–H groups in total. The minimum Gasteiger partial charge on any atom is -0.361 e. The number of hydrogen-bond acceptors (Lipinski definition) is 3. The second-order valence-electron chi connectivity index (χ2n) is 8.61. The molecule has 0 radical (unpaired) electrons. The third-order valence-corrected chi connectivity index (χ3v) is 6.95. The van der Waals surface area contributed by atoms with Gasteiger partial charge in [-0.1, -0.05) is 49.7 Å². The maximum atomic E-state index is 13.5. The van der Waals surface area contributed by atoms with Crippen LogP contribution in [0.3, 0.4) is 0 Å². The highest BCUT2D eigenvalue weighted by Crippen LogP contribution is 2.19. The minimum atomic E-state index is -0.308. The Morgan fingerprint density at radius 3 is 2.51 bits per heavy atom. The summed E-state index contributed by atoms with van der Waals surface area (Å²) in [5.41, 5.74) is 3.05. The average molecular weight is 492 g/mol. The summed E-state index contributed by atoms with van der Waals surface area (Å²) in [6.07, 6.45) is 4.42. The topological polar surface area (TPSA) is 56.4 Å². The average Bonchev–Trinajstić information content (AvgIpc) is 3.55. The number of nitrogens with zero attached hydrogens (tertiary/aromatic N) is 2. The first-order chi connectivity index (χ1) is 17.0. The molecule has 0 aliphatic carbocycles. The molecule has 0 bridgehead atoms. The van der Waals surface area contributed by atoms with Gasteiger partial charge >= 0.3 is 0 Å². The summed E-state index contributed by atoms with van der Waals surface area (Å²) in [6, 6.07) is 18.0. The van der Waals surface area contributed by atoms with Crippen LogP contribution in [0.4, 0.5) is 4.39 Å². The number of carbonyl (C=O) groups is 2. The van der Waals surface area contributed by atoms with Gasteiger partial charge in [-0.3, -0.25) is 9.59 Å². The number of nitrogens with one attached hydrogen (secondary N) is 1. The zero-order valence-electron chi connectivity index (χ0n) is 19.9. The summed E-state index contributed by atoms with van der Waals surface area (Å²) in [4.78, 5) is 34.0. The Balaban J connectivity index is 1.52. The smallest absolute Gasteiger partial charge is 0.264 e. The van der Waals surface area contributed by atoms with Crippen molar-refractivity contribution in [3.05, 3.63) is 94.1 Å². The highest BCUT2D eigenvalue weighted by molar-refractivity contribution is 7.12. The van der Waals surface area contributed by atoms with Crippen molar-refractivity contribution in [3.8, 4) is 0 Å². The van der Waals surface area contributed by atoms with Gasteiger partial charge in [0.25, 0.3) is 5.91 Å². The number of thiophene rings is 1. The first kappa shape index (κ1) is 24.7. The van der Waals surface area contributed by atoms with Crippen molar-refractivity contribution in [2.24, 2.45) is 0 Å². The lowest BCUT2D eigenvalue weighted by molar-refractivity contribution is -0.132. The van der Waals surface area contributed by atoms with Gasteiger partial charge in [-0.05, 0) is 53.6 Å². The number of aromatic nitrogens is 1. The van der Waals surface area contributed by atoms with E-state index in [0.29, 0.717) is 30.9 Å². The van der Waals surface area contributed by atoms with Gasteiger partial charge in [0.15, 0.2) is 0 Å². The van der Waals surface area contributed by atoms with Gasteiger partial charge < -0.3 is 14.8 Å². The summed E-state index contributed by atoms with van der Waals surface area (Å²) < 4.78 is 13.5. The number of carbonyl (C=O) groups excluding carboxylic acids is 2. The maximum Gasteiger partial charge on any atom is 0.264 e. The predicted molar refractivity (Wildman–Crippen MR) is 139 cm³/mol. The van der Waals surface area contributed by atoms with Crippen LogP contribution >= 0.6 is 11.3 Å². The lowest BCUT2D eigenvalue weighted by Gasteiger charge is -2.28. The summed E-state index contributed by atoms with van der Waals surface area (Å²) in [7, 11) is 0. The van der Waals surface area contributed by atoms with E-state index in [0.717, 1.165) is 34.9 Å². The van der Waals surface area contributed by atoms with E-state index < -0.39 is 0 Å². The zero-order chi connectivity index (χ0) is 24.6. The number of H-pyrrole nitrogens is 1. The van der Waals surface area contributed by atoms with Gasteiger partial charge in [-0.25, -0.2) is 4.39 Å². The van der Waals surface area contributed by atoms with E-state index in [1.807, 2.05) is 35.8 Å². The van der Waals surface area contributed by atoms with E-state index in [4.69, 9.17) is 0 Å². The van der Waals surface area contributed by atoms with Crippen LogP contribution < -0.4 is 0 Å². The number of fused-ring (bicyclic) bond motifs is 1. The molecule has 0 saturated heterocycles. The molecular formula is C28H30FN3O2S. The van der Waals surface area contributed by atoms with Crippen LogP contribution in [0.1, 0.15) is 40.6 Å². The molecule has 35 heavy (non-hydrogen) atoms. The molecule has 0 spiro atoms. The molecule has 4 aromatic rings. The summed E-state index contributed by atoms with van der Waals surface area (Å²) >= 11 is 1.39. The van der Waals surface area contributed by atoms with E-state index in [1.165, 1.54) is 23.5 Å². The Morgan fingerprint density at radius 1 is 0.971 bits per heavy atom. The lowest BCUT2D eigenvalue weighted by atomic mass is 10.1. The number of halogens is 1. The fraction of sp³-hybridized carbons (Fsp3) is 0.286.